The molecule has 0 fully saturated rings. The third kappa shape index (κ3) is 6.16. The molecule has 0 saturated carbocycles. The minimum Gasteiger partial charge on any atom is -0.486 e. The maximum absolute atomic E-state index is 15.2. The monoisotopic (exact) mass is 571 g/mol. The van der Waals surface area contributed by atoms with Gasteiger partial charge in [-0.25, -0.2) is 23.5 Å². The molecule has 1 amide bonds. The molecule has 5 rings (SSSR count). The van der Waals surface area contributed by atoms with Crippen molar-refractivity contribution in [3.63, 3.8) is 0 Å². The summed E-state index contributed by atoms with van der Waals surface area (Å²) >= 11 is 0. The molecule has 0 aliphatic heterocycles. The Morgan fingerprint density at radius 1 is 0.927 bits per heavy atom. The van der Waals surface area contributed by atoms with Gasteiger partial charge in [0.1, 0.15) is 24.1 Å². The van der Waals surface area contributed by atoms with Gasteiger partial charge in [-0.3, -0.25) is 0 Å². The number of primary amides is 1. The van der Waals surface area contributed by atoms with Crippen LogP contribution in [0.1, 0.15) is 5.56 Å². The summed E-state index contributed by atoms with van der Waals surface area (Å²) in [5.41, 5.74) is 5.37. The summed E-state index contributed by atoms with van der Waals surface area (Å²) in [5.74, 6) is -2.67. The van der Waals surface area contributed by atoms with Crippen LogP contribution in [-0.2, 0) is 6.61 Å². The third-order valence-corrected chi connectivity index (χ3v) is 5.62. The highest BCUT2D eigenvalue weighted by atomic mass is 19.4. The quantitative estimate of drug-likeness (QED) is 0.236. The summed E-state index contributed by atoms with van der Waals surface area (Å²) < 4.78 is 85.7. The normalized spacial score (nSPS) is 11.4. The molecule has 0 spiro atoms. The number of rotatable bonds is 8. The second-order valence-corrected chi connectivity index (χ2v) is 8.49. The number of aromatic nitrogens is 4. The van der Waals surface area contributed by atoms with Gasteiger partial charge < -0.3 is 24.5 Å². The Bertz CT molecular complexity index is 1730. The van der Waals surface area contributed by atoms with Crippen molar-refractivity contribution >= 4 is 17.1 Å². The van der Waals surface area contributed by atoms with E-state index in [0.717, 1.165) is 30.2 Å². The maximum Gasteiger partial charge on any atom is 0.422 e. The Morgan fingerprint density at radius 3 is 2.39 bits per heavy atom. The topological polar surface area (TPSA) is 114 Å². The lowest BCUT2D eigenvalue weighted by atomic mass is 10.2. The number of benzene rings is 2. The number of carbonyl (C=O) groups is 1. The number of fused-ring (bicyclic) bond motifs is 1. The van der Waals surface area contributed by atoms with Crippen LogP contribution in [0.5, 0.6) is 17.4 Å². The Labute approximate surface area is 227 Å². The summed E-state index contributed by atoms with van der Waals surface area (Å²) in [6, 6.07) is 15.0. The van der Waals surface area contributed by atoms with Crippen LogP contribution in [0.2, 0.25) is 0 Å². The van der Waals surface area contributed by atoms with Crippen molar-refractivity contribution in [3.05, 3.63) is 90.4 Å². The number of pyridine rings is 1. The maximum atomic E-state index is 15.2. The lowest BCUT2D eigenvalue weighted by Gasteiger charge is -2.15. The minimum absolute atomic E-state index is 0.0437. The van der Waals surface area contributed by atoms with E-state index in [0.29, 0.717) is 0 Å². The van der Waals surface area contributed by atoms with E-state index >= 15 is 8.78 Å². The highest BCUT2D eigenvalue weighted by Crippen LogP contribution is 2.37. The number of nitrogens with two attached hydrogens (primary N) is 1. The largest absolute Gasteiger partial charge is 0.486 e. The molecule has 0 saturated heterocycles. The number of halogens is 5. The van der Waals surface area contributed by atoms with Crippen LogP contribution in [0.15, 0.2) is 73.2 Å². The molecule has 41 heavy (non-hydrogen) atoms. The van der Waals surface area contributed by atoms with Gasteiger partial charge in [0.25, 0.3) is 0 Å². The summed E-state index contributed by atoms with van der Waals surface area (Å²) in [7, 11) is 0. The van der Waals surface area contributed by atoms with Crippen molar-refractivity contribution in [2.75, 3.05) is 6.61 Å². The minimum atomic E-state index is -4.69. The average Bonchev–Trinajstić information content (AvgIpc) is 3.31. The molecule has 0 aliphatic carbocycles. The molecule has 210 valence electrons. The molecule has 3 heterocycles. The number of carbonyl (C=O) groups excluding carboxylic acids is 1. The molecule has 0 radical (unpaired) electrons. The molecule has 9 nitrogen and oxygen atoms in total. The number of hydrogen-bond donors (Lipinski definition) is 1. The van der Waals surface area contributed by atoms with Crippen LogP contribution in [0, 0.1) is 11.6 Å². The molecule has 3 aromatic heterocycles. The van der Waals surface area contributed by atoms with E-state index in [1.165, 1.54) is 22.8 Å². The Balaban J connectivity index is 1.62. The smallest absolute Gasteiger partial charge is 0.422 e. The predicted octanol–water partition coefficient (Wildman–Crippen LogP) is 5.74. The van der Waals surface area contributed by atoms with Gasteiger partial charge in [-0.05, 0) is 23.8 Å². The number of alkyl halides is 3. The van der Waals surface area contributed by atoms with E-state index in [-0.39, 0.29) is 46.2 Å². The van der Waals surface area contributed by atoms with Crippen molar-refractivity contribution in [1.82, 2.24) is 19.5 Å². The molecular formula is C27H18F5N5O4. The molecule has 2 N–H and O–H groups in total. The first-order valence-corrected chi connectivity index (χ1v) is 11.7. The van der Waals surface area contributed by atoms with Crippen molar-refractivity contribution in [2.24, 2.45) is 5.73 Å². The van der Waals surface area contributed by atoms with Gasteiger partial charge >= 0.3 is 12.3 Å². The molecule has 0 unspecified atom stereocenters. The summed E-state index contributed by atoms with van der Waals surface area (Å²) in [5, 5.41) is 0. The highest BCUT2D eigenvalue weighted by Gasteiger charge is 2.30. The third-order valence-electron chi connectivity index (χ3n) is 5.62. The first-order valence-electron chi connectivity index (χ1n) is 11.7. The van der Waals surface area contributed by atoms with Crippen molar-refractivity contribution in [1.29, 1.82) is 0 Å². The highest BCUT2D eigenvalue weighted by molar-refractivity contribution is 5.89. The van der Waals surface area contributed by atoms with Crippen LogP contribution < -0.4 is 19.9 Å². The fourth-order valence-electron chi connectivity index (χ4n) is 3.97. The Morgan fingerprint density at radius 2 is 1.71 bits per heavy atom. The van der Waals surface area contributed by atoms with E-state index in [1.807, 2.05) is 6.07 Å². The van der Waals surface area contributed by atoms with Crippen LogP contribution in [0.4, 0.5) is 26.7 Å². The second-order valence-electron chi connectivity index (χ2n) is 8.49. The van der Waals surface area contributed by atoms with Crippen LogP contribution >= 0.6 is 0 Å². The fraction of sp³-hybridized carbons (Fsp3) is 0.111. The Hall–Kier alpha value is -5.27. The molecule has 2 aromatic carbocycles. The second kappa shape index (κ2) is 11.1. The van der Waals surface area contributed by atoms with Crippen molar-refractivity contribution in [3.8, 4) is 34.5 Å². The van der Waals surface area contributed by atoms with Crippen LogP contribution in [0.25, 0.3) is 28.1 Å². The zero-order valence-corrected chi connectivity index (χ0v) is 20.7. The van der Waals surface area contributed by atoms with Gasteiger partial charge in [-0.15, -0.1) is 0 Å². The average molecular weight is 571 g/mol. The Kier molecular flexibility index (Phi) is 7.38. The summed E-state index contributed by atoms with van der Waals surface area (Å²) in [4.78, 5) is 22.9. The fourth-order valence-corrected chi connectivity index (χ4v) is 3.97. The van der Waals surface area contributed by atoms with E-state index in [2.05, 4.69) is 19.7 Å². The molecule has 0 bridgehead atoms. The standard InChI is InChI=1S/C27H18F5N5O4/c28-18-8-16(6-7-22(18)39-12-15-4-2-1-3-5-15)37-21(23-19(29)9-17(11-34-23)41-26(33)38)10-20-24(37)25(36-14-35-20)40-13-27(30,31)32/h1-11,14H,12-13H2,(H2,33,38). The van der Waals surface area contributed by atoms with Gasteiger partial charge in [0.15, 0.2) is 29.7 Å². The van der Waals surface area contributed by atoms with E-state index in [1.54, 1.807) is 24.3 Å². The first kappa shape index (κ1) is 27.3. The number of nitrogens with zero attached hydrogens (tertiary/aromatic N) is 4. The molecular weight excluding hydrogens is 553 g/mol. The number of amides is 1. The van der Waals surface area contributed by atoms with E-state index < -0.39 is 36.4 Å². The number of ether oxygens (including phenoxy) is 3. The van der Waals surface area contributed by atoms with Crippen LogP contribution in [0.3, 0.4) is 0 Å². The van der Waals surface area contributed by atoms with Crippen molar-refractivity contribution in [2.45, 2.75) is 12.8 Å². The van der Waals surface area contributed by atoms with Crippen LogP contribution in [-0.4, -0.2) is 38.4 Å². The van der Waals surface area contributed by atoms with Gasteiger partial charge in [0, 0.05) is 17.8 Å². The summed E-state index contributed by atoms with van der Waals surface area (Å²) in [6.07, 6.45) is -3.90. The zero-order valence-electron chi connectivity index (χ0n) is 20.7. The van der Waals surface area contributed by atoms with Gasteiger partial charge in [0.05, 0.1) is 17.4 Å². The molecule has 0 atom stereocenters. The first-order chi connectivity index (χ1) is 19.6. The molecule has 0 aliphatic rings. The van der Waals surface area contributed by atoms with E-state index in [4.69, 9.17) is 15.2 Å². The van der Waals surface area contributed by atoms with Gasteiger partial charge in [0.2, 0.25) is 5.88 Å². The molecule has 5 aromatic rings. The summed E-state index contributed by atoms with van der Waals surface area (Å²) in [6.45, 7) is -1.60. The number of hydrogen-bond acceptors (Lipinski definition) is 7. The van der Waals surface area contributed by atoms with Gasteiger partial charge in [-0.2, -0.15) is 18.2 Å². The predicted molar refractivity (Wildman–Crippen MR) is 135 cm³/mol. The lowest BCUT2D eigenvalue weighted by Crippen LogP contribution is -2.20. The SMILES string of the molecule is NC(=O)Oc1cnc(-c2cc3ncnc(OCC(F)(F)F)c3n2-c2ccc(OCc3ccccc3)c(F)c2)c(F)c1. The van der Waals surface area contributed by atoms with Gasteiger partial charge in [-0.1, -0.05) is 30.3 Å². The van der Waals surface area contributed by atoms with E-state index in [9.17, 15) is 18.0 Å². The lowest BCUT2D eigenvalue weighted by molar-refractivity contribution is -0.153. The van der Waals surface area contributed by atoms with Crippen molar-refractivity contribution < 1.29 is 41.0 Å². The molecule has 14 heteroatoms. The zero-order chi connectivity index (χ0) is 29.1.